The molecule has 9 nitrogen and oxygen atoms in total. The Morgan fingerprint density at radius 2 is 1.92 bits per heavy atom. The van der Waals surface area contributed by atoms with Gasteiger partial charge in [0.25, 0.3) is 11.6 Å². The zero-order valence-electron chi connectivity index (χ0n) is 19.5. The van der Waals surface area contributed by atoms with Crippen LogP contribution < -0.4 is 19.5 Å². The standard InChI is InChI=1S/C26H22IN3O6/c1-3-35-22-9-7-20(8-10-22)29-26(31)19(15-28)11-18-13-23(27)25(24(14-18)34-2)36-16-17-5-4-6-21(12-17)30(32)33/h4-14H,3,16H2,1-2H3,(H,29,31)/b19-11-. The first-order valence-corrected chi connectivity index (χ1v) is 11.8. The second kappa shape index (κ2) is 12.6. The number of hydrogen-bond acceptors (Lipinski definition) is 7. The van der Waals surface area contributed by atoms with Gasteiger partial charge >= 0.3 is 0 Å². The van der Waals surface area contributed by atoms with Crippen LogP contribution in [-0.4, -0.2) is 24.5 Å². The van der Waals surface area contributed by atoms with Crippen LogP contribution in [0.2, 0.25) is 0 Å². The number of amides is 1. The van der Waals surface area contributed by atoms with Gasteiger partial charge in [0.05, 0.1) is 22.2 Å². The van der Waals surface area contributed by atoms with Crippen LogP contribution >= 0.6 is 22.6 Å². The first-order chi connectivity index (χ1) is 17.3. The van der Waals surface area contributed by atoms with Crippen molar-refractivity contribution in [3.63, 3.8) is 0 Å². The molecule has 184 valence electrons. The molecule has 0 saturated heterocycles. The number of rotatable bonds is 10. The molecule has 0 bridgehead atoms. The summed E-state index contributed by atoms with van der Waals surface area (Å²) in [5.41, 5.74) is 1.61. The highest BCUT2D eigenvalue weighted by Gasteiger charge is 2.15. The Morgan fingerprint density at radius 3 is 2.56 bits per heavy atom. The molecule has 0 atom stereocenters. The number of ether oxygens (including phenoxy) is 3. The summed E-state index contributed by atoms with van der Waals surface area (Å²) < 4.78 is 17.4. The number of methoxy groups -OCH3 is 1. The van der Waals surface area contributed by atoms with Gasteiger partial charge in [0.2, 0.25) is 0 Å². The molecule has 0 fully saturated rings. The molecule has 1 amide bonds. The molecular formula is C26H22IN3O6. The topological polar surface area (TPSA) is 124 Å². The fourth-order valence-electron chi connectivity index (χ4n) is 3.19. The summed E-state index contributed by atoms with van der Waals surface area (Å²) in [5.74, 6) is 0.963. The van der Waals surface area contributed by atoms with Crippen LogP contribution in [0.25, 0.3) is 6.08 Å². The Hall–Kier alpha value is -4.11. The number of non-ortho nitro benzene ring substituents is 1. The maximum Gasteiger partial charge on any atom is 0.269 e. The van der Waals surface area contributed by atoms with Gasteiger partial charge in [-0.15, -0.1) is 0 Å². The first kappa shape index (κ1) is 26.5. The minimum absolute atomic E-state index is 0.0224. The van der Waals surface area contributed by atoms with Gasteiger partial charge in [-0.1, -0.05) is 12.1 Å². The highest BCUT2D eigenvalue weighted by Crippen LogP contribution is 2.35. The van der Waals surface area contributed by atoms with E-state index in [-0.39, 0.29) is 17.9 Å². The number of nitrogens with one attached hydrogen (secondary N) is 1. The average molecular weight is 599 g/mol. The van der Waals surface area contributed by atoms with Gasteiger partial charge in [0.1, 0.15) is 24.0 Å². The summed E-state index contributed by atoms with van der Waals surface area (Å²) in [7, 11) is 1.48. The summed E-state index contributed by atoms with van der Waals surface area (Å²) in [6.45, 7) is 2.51. The molecular weight excluding hydrogens is 577 g/mol. The smallest absolute Gasteiger partial charge is 0.269 e. The number of nitro benzene ring substituents is 1. The van der Waals surface area contributed by atoms with Gasteiger partial charge in [-0.3, -0.25) is 14.9 Å². The number of carbonyl (C=O) groups is 1. The minimum atomic E-state index is -0.554. The first-order valence-electron chi connectivity index (χ1n) is 10.7. The van der Waals surface area contributed by atoms with Crippen LogP contribution in [-0.2, 0) is 11.4 Å². The van der Waals surface area contributed by atoms with E-state index in [0.717, 1.165) is 0 Å². The van der Waals surface area contributed by atoms with Gasteiger partial charge < -0.3 is 19.5 Å². The molecule has 3 aromatic rings. The van der Waals surface area contributed by atoms with Crippen LogP contribution in [0.4, 0.5) is 11.4 Å². The van der Waals surface area contributed by atoms with Gasteiger partial charge in [0, 0.05) is 17.8 Å². The second-order valence-corrected chi connectivity index (χ2v) is 8.49. The zero-order valence-corrected chi connectivity index (χ0v) is 21.6. The van der Waals surface area contributed by atoms with Crippen molar-refractivity contribution in [2.45, 2.75) is 13.5 Å². The van der Waals surface area contributed by atoms with E-state index in [1.54, 1.807) is 48.5 Å². The van der Waals surface area contributed by atoms with Crippen molar-refractivity contribution in [1.82, 2.24) is 0 Å². The SMILES string of the molecule is CCOc1ccc(NC(=O)/C(C#N)=C\c2cc(I)c(OCc3cccc([N+](=O)[O-])c3)c(OC)c2)cc1. The Bertz CT molecular complexity index is 1330. The number of carbonyl (C=O) groups excluding carboxylic acids is 1. The molecule has 0 saturated carbocycles. The molecule has 0 aliphatic heterocycles. The minimum Gasteiger partial charge on any atom is -0.494 e. The molecule has 1 N–H and O–H groups in total. The summed E-state index contributed by atoms with van der Waals surface area (Å²) >= 11 is 2.06. The van der Waals surface area contributed by atoms with Crippen molar-refractivity contribution >= 4 is 45.9 Å². The lowest BCUT2D eigenvalue weighted by molar-refractivity contribution is -0.384. The molecule has 0 aromatic heterocycles. The quantitative estimate of drug-likeness (QED) is 0.104. The molecule has 0 radical (unpaired) electrons. The predicted molar refractivity (Wildman–Crippen MR) is 143 cm³/mol. The van der Waals surface area contributed by atoms with E-state index in [1.807, 2.05) is 13.0 Å². The predicted octanol–water partition coefficient (Wildman–Crippen LogP) is 5.73. The van der Waals surface area contributed by atoms with Crippen LogP contribution in [0.15, 0.2) is 66.2 Å². The molecule has 0 spiro atoms. The van der Waals surface area contributed by atoms with Crippen molar-refractivity contribution in [3.05, 3.63) is 91.0 Å². The zero-order chi connectivity index (χ0) is 26.1. The van der Waals surface area contributed by atoms with Gasteiger partial charge in [-0.2, -0.15) is 5.26 Å². The lowest BCUT2D eigenvalue weighted by Gasteiger charge is -2.14. The maximum absolute atomic E-state index is 12.7. The maximum atomic E-state index is 12.7. The summed E-state index contributed by atoms with van der Waals surface area (Å²) in [5, 5.41) is 23.3. The van der Waals surface area contributed by atoms with E-state index in [9.17, 15) is 20.2 Å². The van der Waals surface area contributed by atoms with E-state index in [1.165, 1.54) is 25.3 Å². The molecule has 3 aromatic carbocycles. The summed E-state index contributed by atoms with van der Waals surface area (Å²) in [6, 6.07) is 18.3. The number of hydrogen-bond donors (Lipinski definition) is 1. The third-order valence-corrected chi connectivity index (χ3v) is 5.66. The van der Waals surface area contributed by atoms with Crippen molar-refractivity contribution in [1.29, 1.82) is 5.26 Å². The Balaban J connectivity index is 1.78. The van der Waals surface area contributed by atoms with E-state index >= 15 is 0 Å². The normalized spacial score (nSPS) is 10.8. The van der Waals surface area contributed by atoms with Crippen molar-refractivity contribution in [2.75, 3.05) is 19.0 Å². The van der Waals surface area contributed by atoms with E-state index in [4.69, 9.17) is 14.2 Å². The van der Waals surface area contributed by atoms with Crippen LogP contribution in [0, 0.1) is 25.0 Å². The highest BCUT2D eigenvalue weighted by atomic mass is 127. The third-order valence-electron chi connectivity index (χ3n) is 4.86. The number of anilines is 1. The summed E-state index contributed by atoms with van der Waals surface area (Å²) in [4.78, 5) is 23.2. The van der Waals surface area contributed by atoms with Crippen molar-refractivity contribution < 1.29 is 23.9 Å². The fraction of sp³-hybridized carbons (Fsp3) is 0.154. The Morgan fingerprint density at radius 1 is 1.17 bits per heavy atom. The molecule has 3 rings (SSSR count). The monoisotopic (exact) mass is 599 g/mol. The molecule has 36 heavy (non-hydrogen) atoms. The number of nitro groups is 1. The number of nitriles is 1. The van der Waals surface area contributed by atoms with Gasteiger partial charge in [-0.05, 0) is 83.1 Å². The van der Waals surface area contributed by atoms with Crippen LogP contribution in [0.1, 0.15) is 18.1 Å². The molecule has 10 heteroatoms. The Kier molecular flexibility index (Phi) is 9.24. The average Bonchev–Trinajstić information content (AvgIpc) is 2.87. The van der Waals surface area contributed by atoms with Crippen molar-refractivity contribution in [2.24, 2.45) is 0 Å². The third kappa shape index (κ3) is 6.96. The largest absolute Gasteiger partial charge is 0.494 e. The van der Waals surface area contributed by atoms with Gasteiger partial charge in [0.15, 0.2) is 11.5 Å². The molecule has 0 unspecified atom stereocenters. The number of nitrogens with zero attached hydrogens (tertiary/aromatic N) is 2. The van der Waals surface area contributed by atoms with Crippen LogP contribution in [0.3, 0.4) is 0 Å². The lowest BCUT2D eigenvalue weighted by atomic mass is 10.1. The molecule has 0 aliphatic rings. The summed E-state index contributed by atoms with van der Waals surface area (Å²) in [6.07, 6.45) is 1.46. The van der Waals surface area contributed by atoms with E-state index in [2.05, 4.69) is 27.9 Å². The van der Waals surface area contributed by atoms with E-state index in [0.29, 0.717) is 44.2 Å². The fourth-order valence-corrected chi connectivity index (χ4v) is 3.97. The lowest BCUT2D eigenvalue weighted by Crippen LogP contribution is -2.13. The number of benzene rings is 3. The molecule has 0 heterocycles. The van der Waals surface area contributed by atoms with E-state index < -0.39 is 10.8 Å². The second-order valence-electron chi connectivity index (χ2n) is 7.33. The van der Waals surface area contributed by atoms with Gasteiger partial charge in [-0.25, -0.2) is 0 Å². The number of halogens is 1. The van der Waals surface area contributed by atoms with Crippen LogP contribution in [0.5, 0.6) is 17.2 Å². The highest BCUT2D eigenvalue weighted by molar-refractivity contribution is 14.1. The Labute approximate surface area is 221 Å². The van der Waals surface area contributed by atoms with Crippen molar-refractivity contribution in [3.8, 4) is 23.3 Å². The molecule has 0 aliphatic carbocycles.